The normalized spacial score (nSPS) is 16.1. The Labute approximate surface area is 268 Å². The molecule has 0 amide bonds. The van der Waals surface area contributed by atoms with Crippen LogP contribution >= 0.6 is 0 Å². The second-order valence-corrected chi connectivity index (χ2v) is 9.78. The minimum Gasteiger partial charge on any atom is -0.489 e. The zero-order valence-electron chi connectivity index (χ0n) is 29.6. The van der Waals surface area contributed by atoms with Crippen LogP contribution in [-0.2, 0) is 17.0 Å². The molecule has 3 aromatic rings. The zero-order chi connectivity index (χ0) is 33.9. The van der Waals surface area contributed by atoms with Crippen LogP contribution < -0.4 is 4.74 Å². The van der Waals surface area contributed by atoms with Crippen LogP contribution in [0.25, 0.3) is 5.57 Å². The fourth-order valence-electron chi connectivity index (χ4n) is 4.56. The first-order valence-electron chi connectivity index (χ1n) is 16.3. The molecule has 240 valence electrons. The number of nitrogens with zero attached hydrogens (tertiary/aromatic N) is 1. The largest absolute Gasteiger partial charge is 0.489 e. The van der Waals surface area contributed by atoms with Gasteiger partial charge in [-0.05, 0) is 101 Å². The van der Waals surface area contributed by atoms with Gasteiger partial charge in [-0.25, -0.2) is 0 Å². The van der Waals surface area contributed by atoms with E-state index >= 15 is 0 Å². The third-order valence-electron chi connectivity index (χ3n) is 6.64. The summed E-state index contributed by atoms with van der Waals surface area (Å²) in [5.74, 6) is 1.00. The van der Waals surface area contributed by atoms with Gasteiger partial charge in [-0.2, -0.15) is 0 Å². The van der Waals surface area contributed by atoms with E-state index in [1.54, 1.807) is 12.3 Å². The van der Waals surface area contributed by atoms with Crippen molar-refractivity contribution in [3.63, 3.8) is 0 Å². The van der Waals surface area contributed by atoms with Gasteiger partial charge in [0.15, 0.2) is 0 Å². The number of rotatable bonds is 4. The minimum absolute atomic E-state index is 0.292. The van der Waals surface area contributed by atoms with Crippen LogP contribution in [0, 0.1) is 19.8 Å². The van der Waals surface area contributed by atoms with E-state index < -0.39 is 5.60 Å². The number of aliphatic imine (C=N–C) groups is 1. The Morgan fingerprint density at radius 2 is 1.45 bits per heavy atom. The number of aliphatic hydroxyl groups is 1. The Kier molecular flexibility index (Phi) is 19.2. The lowest BCUT2D eigenvalue weighted by molar-refractivity contribution is -0.104. The maximum atomic E-state index is 12.4. The molecule has 0 saturated carbocycles. The van der Waals surface area contributed by atoms with Crippen molar-refractivity contribution in [2.24, 2.45) is 10.9 Å². The maximum absolute atomic E-state index is 12.4. The van der Waals surface area contributed by atoms with Crippen molar-refractivity contribution >= 4 is 18.1 Å². The molecular weight excluding hydrogens is 542 g/mol. The molecule has 1 unspecified atom stereocenters. The van der Waals surface area contributed by atoms with Crippen molar-refractivity contribution in [2.75, 3.05) is 0 Å². The fraction of sp³-hybridized carbons (Fsp3) is 0.400. The molecule has 0 aliphatic carbocycles. The Balaban J connectivity index is 0.00000214. The SMILES string of the molecule is C/C(=C\N=CC(C)C)C1(O)c2ccc(C)c(c2)OCc2cccc(c2)/C(=C/C=O)c2cc1ccc2C.CC.CC.CC.CC. The van der Waals surface area contributed by atoms with E-state index in [-0.39, 0.29) is 0 Å². The van der Waals surface area contributed by atoms with Crippen LogP contribution in [0.3, 0.4) is 0 Å². The van der Waals surface area contributed by atoms with Crippen molar-refractivity contribution in [2.45, 2.75) is 102 Å². The summed E-state index contributed by atoms with van der Waals surface area (Å²) in [5, 5.41) is 12.4. The third kappa shape index (κ3) is 10.2. The molecule has 4 rings (SSSR count). The highest BCUT2D eigenvalue weighted by molar-refractivity contribution is 5.91. The predicted octanol–water partition coefficient (Wildman–Crippen LogP) is 10.8. The van der Waals surface area contributed by atoms with Crippen LogP contribution in [-0.4, -0.2) is 17.6 Å². The standard InChI is InChI=1S/C32H33NO3.4C2H6/c1-21(2)18-33-19-24(5)32(35)27-11-9-22(3)30(16-27)29(13-14-34)26-8-6-7-25(15-26)20-36-31-17-28(32)12-10-23(31)4;4*1-2/h6-19,21,35H,20H2,1-5H3;4*1-2H3/b24-19+,29-13-,33-18?;;;;. The van der Waals surface area contributed by atoms with E-state index in [2.05, 4.69) is 24.9 Å². The van der Waals surface area contributed by atoms with E-state index in [9.17, 15) is 9.90 Å². The van der Waals surface area contributed by atoms with Gasteiger partial charge in [-0.1, -0.05) is 112 Å². The quantitative estimate of drug-likeness (QED) is 0.184. The molecule has 44 heavy (non-hydrogen) atoms. The summed E-state index contributed by atoms with van der Waals surface area (Å²) < 4.78 is 6.24. The lowest BCUT2D eigenvalue weighted by atomic mass is 9.78. The first-order chi connectivity index (χ1) is 21.2. The van der Waals surface area contributed by atoms with Crippen molar-refractivity contribution in [3.05, 3.63) is 117 Å². The van der Waals surface area contributed by atoms with Crippen molar-refractivity contribution in [3.8, 4) is 5.75 Å². The molecule has 1 heterocycles. The van der Waals surface area contributed by atoms with Crippen LogP contribution in [0.15, 0.2) is 83.5 Å². The first-order valence-corrected chi connectivity index (χ1v) is 16.3. The number of aldehydes is 1. The van der Waals surface area contributed by atoms with E-state index in [0.717, 1.165) is 39.7 Å². The molecule has 0 spiro atoms. The van der Waals surface area contributed by atoms with Gasteiger partial charge in [0.05, 0.1) is 0 Å². The van der Waals surface area contributed by atoms with Gasteiger partial charge in [0.2, 0.25) is 0 Å². The lowest BCUT2D eigenvalue weighted by Gasteiger charge is -2.31. The topological polar surface area (TPSA) is 58.9 Å². The van der Waals surface area contributed by atoms with E-state index in [1.165, 1.54) is 0 Å². The molecule has 1 aliphatic heterocycles. The van der Waals surface area contributed by atoms with Crippen LogP contribution in [0.1, 0.15) is 115 Å². The highest BCUT2D eigenvalue weighted by Crippen LogP contribution is 2.41. The Bertz CT molecular complexity index is 1380. The summed E-state index contributed by atoms with van der Waals surface area (Å²) in [6.07, 6.45) is 5.98. The molecular formula is C40H57NO3. The van der Waals surface area contributed by atoms with Gasteiger partial charge >= 0.3 is 0 Å². The molecule has 4 nitrogen and oxygen atoms in total. The number of aryl methyl sites for hydroxylation is 2. The number of allylic oxidation sites excluding steroid dienone is 1. The average molecular weight is 600 g/mol. The Morgan fingerprint density at radius 1 is 0.864 bits per heavy atom. The van der Waals surface area contributed by atoms with Gasteiger partial charge in [-0.15, -0.1) is 0 Å². The summed E-state index contributed by atoms with van der Waals surface area (Å²) in [5.41, 5.74) is 6.21. The van der Waals surface area contributed by atoms with Crippen molar-refractivity contribution in [1.29, 1.82) is 0 Å². The average Bonchev–Trinajstić information content (AvgIpc) is 3.06. The number of hydrogen-bond donors (Lipinski definition) is 1. The molecule has 1 aliphatic rings. The minimum atomic E-state index is -1.46. The lowest BCUT2D eigenvalue weighted by Crippen LogP contribution is -2.29. The predicted molar refractivity (Wildman–Crippen MR) is 192 cm³/mol. The summed E-state index contributed by atoms with van der Waals surface area (Å²) in [4.78, 5) is 16.2. The number of ether oxygens (including phenoxy) is 1. The number of hydrogen-bond acceptors (Lipinski definition) is 4. The van der Waals surface area contributed by atoms with Gasteiger partial charge in [0, 0.05) is 12.4 Å². The second-order valence-electron chi connectivity index (χ2n) is 9.78. The smallest absolute Gasteiger partial charge is 0.143 e. The van der Waals surface area contributed by atoms with Crippen LogP contribution in [0.2, 0.25) is 0 Å². The molecule has 0 fully saturated rings. The monoisotopic (exact) mass is 599 g/mol. The molecule has 0 saturated heterocycles. The van der Waals surface area contributed by atoms with E-state index in [0.29, 0.717) is 35.0 Å². The highest BCUT2D eigenvalue weighted by Gasteiger charge is 2.35. The maximum Gasteiger partial charge on any atom is 0.143 e. The van der Waals surface area contributed by atoms with Crippen LogP contribution in [0.5, 0.6) is 5.75 Å². The Hall–Kier alpha value is -3.76. The number of benzene rings is 3. The number of carbonyl (C=O) groups is 1. The molecule has 4 heteroatoms. The fourth-order valence-corrected chi connectivity index (χ4v) is 4.56. The highest BCUT2D eigenvalue weighted by atomic mass is 16.5. The van der Waals surface area contributed by atoms with Gasteiger partial charge < -0.3 is 9.84 Å². The van der Waals surface area contributed by atoms with Crippen molar-refractivity contribution < 1.29 is 14.6 Å². The first kappa shape index (κ1) is 40.2. The van der Waals surface area contributed by atoms with E-state index in [4.69, 9.17) is 4.74 Å². The van der Waals surface area contributed by atoms with Gasteiger partial charge in [-0.3, -0.25) is 9.79 Å². The molecule has 6 bridgehead atoms. The molecule has 0 aromatic heterocycles. The van der Waals surface area contributed by atoms with E-state index in [1.807, 2.05) is 137 Å². The van der Waals surface area contributed by atoms with Crippen LogP contribution in [0.4, 0.5) is 0 Å². The molecule has 3 aromatic carbocycles. The van der Waals surface area contributed by atoms with Gasteiger partial charge in [0.1, 0.15) is 24.2 Å². The summed E-state index contributed by atoms with van der Waals surface area (Å²) >= 11 is 0. The Morgan fingerprint density at radius 3 is 2.05 bits per heavy atom. The molecule has 0 radical (unpaired) electrons. The summed E-state index contributed by atoms with van der Waals surface area (Å²) in [6.45, 7) is 26.4. The van der Waals surface area contributed by atoms with Crippen molar-refractivity contribution in [1.82, 2.24) is 0 Å². The zero-order valence-corrected chi connectivity index (χ0v) is 29.6. The summed E-state index contributed by atoms with van der Waals surface area (Å²) in [6, 6.07) is 19.8. The third-order valence-corrected chi connectivity index (χ3v) is 6.64. The number of fused-ring (bicyclic) bond motifs is 6. The molecule has 1 N–H and O–H groups in total. The molecule has 1 atom stereocenters. The second kappa shape index (κ2) is 21.0. The number of carbonyl (C=O) groups excluding carboxylic acids is 1. The van der Waals surface area contributed by atoms with Gasteiger partial charge in [0.25, 0.3) is 0 Å². The summed E-state index contributed by atoms with van der Waals surface area (Å²) in [7, 11) is 0.